The molecule has 26 heavy (non-hydrogen) atoms. The molecule has 1 atom stereocenters. The van der Waals surface area contributed by atoms with Crippen molar-refractivity contribution >= 4 is 23.3 Å². The van der Waals surface area contributed by atoms with Gasteiger partial charge in [-0.2, -0.15) is 0 Å². The third-order valence-corrected chi connectivity index (χ3v) is 4.30. The Morgan fingerprint density at radius 1 is 1.08 bits per heavy atom. The predicted molar refractivity (Wildman–Crippen MR) is 96.8 cm³/mol. The summed E-state index contributed by atoms with van der Waals surface area (Å²) in [5, 5.41) is 5.33. The molecule has 1 heterocycles. The highest BCUT2D eigenvalue weighted by atomic mass is 19.1. The highest BCUT2D eigenvalue weighted by molar-refractivity contribution is 6.00. The Labute approximate surface area is 150 Å². The number of nitrogens with zero attached hydrogens (tertiary/aromatic N) is 1. The number of carbonyl (C=O) groups excluding carboxylic acids is 2. The van der Waals surface area contributed by atoms with Crippen molar-refractivity contribution in [1.29, 1.82) is 0 Å². The van der Waals surface area contributed by atoms with Gasteiger partial charge in [-0.25, -0.2) is 9.18 Å². The summed E-state index contributed by atoms with van der Waals surface area (Å²) in [5.41, 5.74) is 0.634. The van der Waals surface area contributed by atoms with Crippen LogP contribution in [0.15, 0.2) is 48.5 Å². The summed E-state index contributed by atoms with van der Waals surface area (Å²) in [6.07, 6.45) is 1.23. The zero-order chi connectivity index (χ0) is 18.5. The molecule has 1 saturated heterocycles. The molecule has 3 rings (SSSR count). The summed E-state index contributed by atoms with van der Waals surface area (Å²) in [6.45, 7) is 0.455. The molecule has 2 aromatic carbocycles. The van der Waals surface area contributed by atoms with Crippen molar-refractivity contribution in [2.24, 2.45) is 0 Å². The molecule has 2 aromatic rings. The number of halogens is 1. The minimum atomic E-state index is -0.649. The van der Waals surface area contributed by atoms with E-state index in [4.69, 9.17) is 4.74 Å². The van der Waals surface area contributed by atoms with Crippen LogP contribution in [0.2, 0.25) is 0 Å². The van der Waals surface area contributed by atoms with Gasteiger partial charge in [0, 0.05) is 6.54 Å². The minimum absolute atomic E-state index is 0.106. The number of likely N-dealkylation sites (tertiary alicyclic amines) is 1. The number of anilines is 2. The van der Waals surface area contributed by atoms with Crippen molar-refractivity contribution < 1.29 is 18.7 Å². The minimum Gasteiger partial charge on any atom is -0.495 e. The second-order valence-electron chi connectivity index (χ2n) is 5.95. The van der Waals surface area contributed by atoms with Crippen LogP contribution in [0, 0.1) is 5.82 Å². The Morgan fingerprint density at radius 2 is 1.77 bits per heavy atom. The molecule has 0 radical (unpaired) electrons. The Bertz CT molecular complexity index is 812. The van der Waals surface area contributed by atoms with E-state index in [9.17, 15) is 14.0 Å². The van der Waals surface area contributed by atoms with Gasteiger partial charge in [-0.05, 0) is 37.1 Å². The van der Waals surface area contributed by atoms with Crippen molar-refractivity contribution in [3.63, 3.8) is 0 Å². The van der Waals surface area contributed by atoms with Crippen LogP contribution in [-0.2, 0) is 4.79 Å². The van der Waals surface area contributed by atoms with Gasteiger partial charge in [0.05, 0.1) is 18.5 Å². The Hall–Kier alpha value is -3.09. The van der Waals surface area contributed by atoms with E-state index in [0.717, 1.165) is 0 Å². The SMILES string of the molecule is COc1ccccc1NC(=O)N1CCCC1C(=O)Nc1ccccc1F. The normalized spacial score (nSPS) is 16.2. The first-order valence-electron chi connectivity index (χ1n) is 8.36. The van der Waals surface area contributed by atoms with Gasteiger partial charge in [-0.15, -0.1) is 0 Å². The maximum absolute atomic E-state index is 13.7. The summed E-state index contributed by atoms with van der Waals surface area (Å²) in [7, 11) is 1.52. The summed E-state index contributed by atoms with van der Waals surface area (Å²) >= 11 is 0. The number of benzene rings is 2. The molecule has 0 spiro atoms. The summed E-state index contributed by atoms with van der Waals surface area (Å²) in [6, 6.07) is 12.0. The molecule has 1 fully saturated rings. The maximum atomic E-state index is 13.7. The van der Waals surface area contributed by atoms with Crippen LogP contribution in [-0.4, -0.2) is 36.5 Å². The standard InChI is InChI=1S/C19H20FN3O3/c1-26-17-11-5-4-9-15(17)22-19(25)23-12-6-10-16(23)18(24)21-14-8-3-2-7-13(14)20/h2-5,7-9,11,16H,6,10,12H2,1H3,(H,21,24)(H,22,25). The average Bonchev–Trinajstić information content (AvgIpc) is 3.14. The molecule has 0 aromatic heterocycles. The van der Waals surface area contributed by atoms with E-state index in [1.807, 2.05) is 0 Å². The quantitative estimate of drug-likeness (QED) is 0.880. The van der Waals surface area contributed by atoms with E-state index < -0.39 is 17.8 Å². The summed E-state index contributed by atoms with van der Waals surface area (Å²) in [5.74, 6) is -0.376. The summed E-state index contributed by atoms with van der Waals surface area (Å²) < 4.78 is 19.0. The van der Waals surface area contributed by atoms with Gasteiger partial charge in [0.2, 0.25) is 5.91 Å². The van der Waals surface area contributed by atoms with Crippen molar-refractivity contribution in [3.05, 3.63) is 54.3 Å². The fourth-order valence-electron chi connectivity index (χ4n) is 3.00. The van der Waals surface area contributed by atoms with E-state index in [0.29, 0.717) is 30.8 Å². The lowest BCUT2D eigenvalue weighted by atomic mass is 10.2. The fourth-order valence-corrected chi connectivity index (χ4v) is 3.00. The van der Waals surface area contributed by atoms with Gasteiger partial charge in [0.25, 0.3) is 0 Å². The topological polar surface area (TPSA) is 70.7 Å². The molecule has 0 bridgehead atoms. The lowest BCUT2D eigenvalue weighted by molar-refractivity contribution is -0.119. The molecule has 3 amide bonds. The molecule has 1 aliphatic rings. The van der Waals surface area contributed by atoms with Crippen LogP contribution >= 0.6 is 0 Å². The molecule has 1 unspecified atom stereocenters. The molecular formula is C19H20FN3O3. The Morgan fingerprint density at radius 3 is 2.50 bits per heavy atom. The molecule has 0 aliphatic carbocycles. The van der Waals surface area contributed by atoms with Crippen LogP contribution in [0.5, 0.6) is 5.75 Å². The van der Waals surface area contributed by atoms with Crippen LogP contribution in [0.1, 0.15) is 12.8 Å². The Kier molecular flexibility index (Phi) is 5.36. The number of nitrogens with one attached hydrogen (secondary N) is 2. The number of amides is 3. The number of rotatable bonds is 4. The zero-order valence-corrected chi connectivity index (χ0v) is 14.4. The number of ether oxygens (including phenoxy) is 1. The zero-order valence-electron chi connectivity index (χ0n) is 14.4. The number of methoxy groups -OCH3 is 1. The first-order chi connectivity index (χ1) is 12.6. The second-order valence-corrected chi connectivity index (χ2v) is 5.95. The molecule has 7 heteroatoms. The summed E-state index contributed by atoms with van der Waals surface area (Å²) in [4.78, 5) is 26.6. The molecule has 0 saturated carbocycles. The lowest BCUT2D eigenvalue weighted by Crippen LogP contribution is -2.45. The predicted octanol–water partition coefficient (Wildman–Crippen LogP) is 3.47. The number of hydrogen-bond donors (Lipinski definition) is 2. The van der Waals surface area contributed by atoms with Crippen molar-refractivity contribution in [2.45, 2.75) is 18.9 Å². The first kappa shape index (κ1) is 17.7. The highest BCUT2D eigenvalue weighted by Crippen LogP contribution is 2.26. The average molecular weight is 357 g/mol. The Balaban J connectivity index is 1.70. The van der Waals surface area contributed by atoms with Crippen molar-refractivity contribution in [1.82, 2.24) is 4.90 Å². The first-order valence-corrected chi connectivity index (χ1v) is 8.36. The van der Waals surface area contributed by atoms with Crippen molar-refractivity contribution in [2.75, 3.05) is 24.3 Å². The molecular weight excluding hydrogens is 337 g/mol. The number of para-hydroxylation sites is 3. The van der Waals surface area contributed by atoms with Gasteiger partial charge in [-0.3, -0.25) is 4.79 Å². The van der Waals surface area contributed by atoms with Crippen LogP contribution in [0.25, 0.3) is 0 Å². The van der Waals surface area contributed by atoms with Crippen molar-refractivity contribution in [3.8, 4) is 5.75 Å². The third kappa shape index (κ3) is 3.77. The van der Waals surface area contributed by atoms with Crippen LogP contribution in [0.3, 0.4) is 0 Å². The van der Waals surface area contributed by atoms with Crippen LogP contribution < -0.4 is 15.4 Å². The van der Waals surface area contributed by atoms with Crippen LogP contribution in [0.4, 0.5) is 20.6 Å². The molecule has 1 aliphatic heterocycles. The van der Waals surface area contributed by atoms with E-state index >= 15 is 0 Å². The van der Waals surface area contributed by atoms with Gasteiger partial charge in [0.1, 0.15) is 17.6 Å². The van der Waals surface area contributed by atoms with Gasteiger partial charge >= 0.3 is 6.03 Å². The van der Waals surface area contributed by atoms with Gasteiger partial charge in [0.15, 0.2) is 0 Å². The highest BCUT2D eigenvalue weighted by Gasteiger charge is 2.34. The fraction of sp³-hybridized carbons (Fsp3) is 0.263. The smallest absolute Gasteiger partial charge is 0.322 e. The monoisotopic (exact) mass is 357 g/mol. The number of urea groups is 1. The molecule has 2 N–H and O–H groups in total. The van der Waals surface area contributed by atoms with E-state index in [-0.39, 0.29) is 11.7 Å². The largest absolute Gasteiger partial charge is 0.495 e. The maximum Gasteiger partial charge on any atom is 0.322 e. The van der Waals surface area contributed by atoms with E-state index in [1.165, 1.54) is 24.1 Å². The van der Waals surface area contributed by atoms with Gasteiger partial charge in [-0.1, -0.05) is 24.3 Å². The van der Waals surface area contributed by atoms with Gasteiger partial charge < -0.3 is 20.3 Å². The number of carbonyl (C=O) groups is 2. The van der Waals surface area contributed by atoms with E-state index in [2.05, 4.69) is 10.6 Å². The van der Waals surface area contributed by atoms with E-state index in [1.54, 1.807) is 36.4 Å². The molecule has 136 valence electrons. The number of hydrogen-bond acceptors (Lipinski definition) is 3. The molecule has 6 nitrogen and oxygen atoms in total. The second kappa shape index (κ2) is 7.86. The third-order valence-electron chi connectivity index (χ3n) is 4.30. The lowest BCUT2D eigenvalue weighted by Gasteiger charge is -2.24.